The quantitative estimate of drug-likeness (QED) is 0.185. The van der Waals surface area contributed by atoms with Gasteiger partial charge >= 0.3 is 0 Å². The number of nitrogens with one attached hydrogen (secondary N) is 3. The highest BCUT2D eigenvalue weighted by atomic mass is 19.1. The average Bonchev–Trinajstić information content (AvgIpc) is 3.52. The first-order chi connectivity index (χ1) is 18.8. The second-order valence-corrected chi connectivity index (χ2v) is 9.56. The Morgan fingerprint density at radius 2 is 1.90 bits per heavy atom. The average molecular weight is 520 g/mol. The fraction of sp³-hybridized carbons (Fsp3) is 0.152. The molecule has 4 rings (SSSR count). The van der Waals surface area contributed by atoms with E-state index >= 15 is 0 Å². The second-order valence-electron chi connectivity index (χ2n) is 9.56. The molecule has 0 atom stereocenters. The maximum Gasteiger partial charge on any atom is 0.155 e. The van der Waals surface area contributed by atoms with Crippen LogP contribution in [0.5, 0.6) is 0 Å². The molecule has 0 aliphatic carbocycles. The molecule has 0 saturated heterocycles. The number of rotatable bonds is 10. The first kappa shape index (κ1) is 27.3. The van der Waals surface area contributed by atoms with E-state index in [0.29, 0.717) is 17.1 Å². The van der Waals surface area contributed by atoms with Gasteiger partial charge in [0.2, 0.25) is 0 Å². The summed E-state index contributed by atoms with van der Waals surface area (Å²) in [5, 5.41) is 11.8. The summed E-state index contributed by atoms with van der Waals surface area (Å²) in [6, 6.07) is 10.8. The van der Waals surface area contributed by atoms with E-state index in [1.54, 1.807) is 24.3 Å². The highest BCUT2D eigenvalue weighted by Crippen LogP contribution is 2.34. The van der Waals surface area contributed by atoms with Crippen LogP contribution < -0.4 is 5.32 Å². The molecule has 0 amide bonds. The number of benzene rings is 1. The number of pyridine rings is 1. The summed E-state index contributed by atoms with van der Waals surface area (Å²) >= 11 is 0. The highest BCUT2D eigenvalue weighted by molar-refractivity contribution is 5.94. The molecule has 5 nitrogen and oxygen atoms in total. The van der Waals surface area contributed by atoms with Crippen molar-refractivity contribution in [3.8, 4) is 11.4 Å². The molecule has 1 aromatic carbocycles. The van der Waals surface area contributed by atoms with Gasteiger partial charge in [0.15, 0.2) is 5.65 Å². The molecule has 0 bridgehead atoms. The van der Waals surface area contributed by atoms with Crippen molar-refractivity contribution in [2.75, 3.05) is 0 Å². The molecule has 4 aromatic rings. The number of allylic oxidation sites excluding steroid dienone is 7. The van der Waals surface area contributed by atoms with Crippen LogP contribution in [0.2, 0.25) is 0 Å². The first-order valence-corrected chi connectivity index (χ1v) is 12.9. The van der Waals surface area contributed by atoms with E-state index in [-0.39, 0.29) is 5.82 Å². The van der Waals surface area contributed by atoms with Crippen molar-refractivity contribution < 1.29 is 4.39 Å². The Bertz CT molecular complexity index is 1640. The summed E-state index contributed by atoms with van der Waals surface area (Å²) in [6.07, 6.45) is 11.2. The van der Waals surface area contributed by atoms with Gasteiger partial charge in [-0.2, -0.15) is 5.10 Å². The number of aromatic nitrogens is 4. The summed E-state index contributed by atoms with van der Waals surface area (Å²) in [5.74, 6) is 0.00683. The standard InChI is InChI=1S/C33H34FN5/c1-8-13-26(27-14-11-12-15-30(27)34)28-18-31(37-22(28)7)32-29-17-24(19-35-33(29)39-38-32)23(9-2)16-25(10-3)36-21(6)20(4)5/h8-20,36-37H,1,3,6H2,2,4-5,7H3,(H,35,38,39)/b23-9+,25-16+,26-13-. The monoisotopic (exact) mass is 519 g/mol. The van der Waals surface area contributed by atoms with Crippen LogP contribution in [-0.2, 0) is 0 Å². The van der Waals surface area contributed by atoms with Gasteiger partial charge in [-0.3, -0.25) is 5.10 Å². The molecule has 0 unspecified atom stereocenters. The predicted molar refractivity (Wildman–Crippen MR) is 161 cm³/mol. The van der Waals surface area contributed by atoms with Gasteiger partial charge in [0.1, 0.15) is 11.5 Å². The Labute approximate surface area is 229 Å². The minimum Gasteiger partial charge on any atom is -0.359 e. The molecule has 198 valence electrons. The molecule has 0 aliphatic rings. The van der Waals surface area contributed by atoms with Crippen LogP contribution in [0.15, 0.2) is 104 Å². The SMILES string of the molecule is C=C/C=C(/c1ccccc1F)c1cc(-c2n[nH]c3ncc(C(/C=C(\C=C)NC(=C)C(C)C)=C/C)cc23)[nH]c1C. The van der Waals surface area contributed by atoms with Crippen LogP contribution >= 0.6 is 0 Å². The van der Waals surface area contributed by atoms with Gasteiger partial charge in [-0.15, -0.1) is 0 Å². The summed E-state index contributed by atoms with van der Waals surface area (Å²) in [5.41, 5.74) is 8.93. The van der Waals surface area contributed by atoms with Gasteiger partial charge < -0.3 is 10.3 Å². The van der Waals surface area contributed by atoms with E-state index in [9.17, 15) is 4.39 Å². The van der Waals surface area contributed by atoms with Crippen LogP contribution in [-0.4, -0.2) is 20.2 Å². The largest absolute Gasteiger partial charge is 0.359 e. The van der Waals surface area contributed by atoms with Crippen molar-refractivity contribution in [3.05, 3.63) is 132 Å². The van der Waals surface area contributed by atoms with Crippen molar-refractivity contribution in [3.63, 3.8) is 0 Å². The van der Waals surface area contributed by atoms with Crippen LogP contribution in [0.3, 0.4) is 0 Å². The zero-order valence-corrected chi connectivity index (χ0v) is 22.9. The van der Waals surface area contributed by atoms with Crippen molar-refractivity contribution >= 4 is 22.2 Å². The van der Waals surface area contributed by atoms with Crippen molar-refractivity contribution in [1.82, 2.24) is 25.5 Å². The molecule has 0 radical (unpaired) electrons. The van der Waals surface area contributed by atoms with Crippen LogP contribution in [0.25, 0.3) is 33.6 Å². The molecule has 6 heteroatoms. The Hall–Kier alpha value is -4.71. The smallest absolute Gasteiger partial charge is 0.155 e. The third-order valence-corrected chi connectivity index (χ3v) is 6.60. The lowest BCUT2D eigenvalue weighted by Crippen LogP contribution is -2.14. The number of aromatic amines is 2. The van der Waals surface area contributed by atoms with E-state index in [1.807, 2.05) is 50.4 Å². The fourth-order valence-corrected chi connectivity index (χ4v) is 4.33. The van der Waals surface area contributed by atoms with E-state index in [2.05, 4.69) is 65.1 Å². The zero-order valence-electron chi connectivity index (χ0n) is 22.9. The van der Waals surface area contributed by atoms with Crippen molar-refractivity contribution in [2.45, 2.75) is 27.7 Å². The maximum absolute atomic E-state index is 14.7. The Balaban J connectivity index is 1.76. The van der Waals surface area contributed by atoms with Crippen LogP contribution in [0, 0.1) is 18.7 Å². The second kappa shape index (κ2) is 11.8. The molecule has 3 aromatic heterocycles. The number of fused-ring (bicyclic) bond motifs is 1. The molecule has 3 heterocycles. The Kier molecular flexibility index (Phi) is 8.25. The number of nitrogens with zero attached hydrogens (tertiary/aromatic N) is 2. The Morgan fingerprint density at radius 1 is 1.13 bits per heavy atom. The highest BCUT2D eigenvalue weighted by Gasteiger charge is 2.18. The van der Waals surface area contributed by atoms with Gasteiger partial charge in [0, 0.05) is 45.4 Å². The normalized spacial score (nSPS) is 12.7. The summed E-state index contributed by atoms with van der Waals surface area (Å²) in [4.78, 5) is 8.07. The number of aryl methyl sites for hydroxylation is 1. The summed E-state index contributed by atoms with van der Waals surface area (Å²) in [7, 11) is 0. The number of H-pyrrole nitrogens is 2. The molecule has 0 aliphatic heterocycles. The lowest BCUT2D eigenvalue weighted by Gasteiger charge is -2.14. The molecular weight excluding hydrogens is 485 g/mol. The molecule has 0 fully saturated rings. The third-order valence-electron chi connectivity index (χ3n) is 6.60. The summed E-state index contributed by atoms with van der Waals surface area (Å²) < 4.78 is 14.7. The lowest BCUT2D eigenvalue weighted by atomic mass is 9.97. The van der Waals surface area contributed by atoms with E-state index < -0.39 is 0 Å². The maximum atomic E-state index is 14.7. The first-order valence-electron chi connectivity index (χ1n) is 12.9. The number of hydrogen-bond acceptors (Lipinski definition) is 3. The zero-order chi connectivity index (χ0) is 28.1. The fourth-order valence-electron chi connectivity index (χ4n) is 4.33. The minimum atomic E-state index is -0.288. The third kappa shape index (κ3) is 5.75. The molecule has 0 saturated carbocycles. The molecule has 39 heavy (non-hydrogen) atoms. The molecule has 3 N–H and O–H groups in total. The minimum absolute atomic E-state index is 0.288. The van der Waals surface area contributed by atoms with Crippen LogP contribution in [0.4, 0.5) is 4.39 Å². The predicted octanol–water partition coefficient (Wildman–Crippen LogP) is 8.25. The van der Waals surface area contributed by atoms with Crippen molar-refractivity contribution in [2.24, 2.45) is 5.92 Å². The van der Waals surface area contributed by atoms with Crippen LogP contribution in [0.1, 0.15) is 43.2 Å². The molecular formula is C33H34FN5. The van der Waals surface area contributed by atoms with E-state index in [1.165, 1.54) is 6.07 Å². The van der Waals surface area contributed by atoms with Gasteiger partial charge in [0.25, 0.3) is 0 Å². The van der Waals surface area contributed by atoms with E-state index in [4.69, 9.17) is 0 Å². The Morgan fingerprint density at radius 3 is 2.56 bits per heavy atom. The number of halogens is 1. The van der Waals surface area contributed by atoms with Gasteiger partial charge in [-0.05, 0) is 61.3 Å². The van der Waals surface area contributed by atoms with Gasteiger partial charge in [-0.25, -0.2) is 9.37 Å². The topological polar surface area (TPSA) is 69.4 Å². The number of hydrogen-bond donors (Lipinski definition) is 3. The summed E-state index contributed by atoms with van der Waals surface area (Å²) in [6.45, 7) is 20.0. The van der Waals surface area contributed by atoms with Gasteiger partial charge in [0.05, 0.1) is 5.69 Å². The van der Waals surface area contributed by atoms with Crippen molar-refractivity contribution in [1.29, 1.82) is 0 Å². The lowest BCUT2D eigenvalue weighted by molar-refractivity contribution is 0.624. The molecule has 0 spiro atoms. The van der Waals surface area contributed by atoms with Gasteiger partial charge in [-0.1, -0.05) is 70.0 Å². The van der Waals surface area contributed by atoms with E-state index in [0.717, 1.165) is 56.1 Å².